The molecule has 0 radical (unpaired) electrons. The van der Waals surface area contributed by atoms with Crippen LogP contribution in [-0.2, 0) is 9.53 Å². The molecule has 1 saturated heterocycles. The second-order valence-corrected chi connectivity index (χ2v) is 4.02. The maximum Gasteiger partial charge on any atom is 0.240 e. The number of hydrogen-bond donors (Lipinski definition) is 1. The minimum atomic E-state index is -0.134. The minimum absolute atomic E-state index is 0.0966. The van der Waals surface area contributed by atoms with Crippen LogP contribution in [0.1, 0.15) is 19.8 Å². The summed E-state index contributed by atoms with van der Waals surface area (Å²) in [6.07, 6.45) is 7.06. The largest absolute Gasteiger partial charge is 0.380 e. The Morgan fingerprint density at radius 3 is 2.94 bits per heavy atom. The number of ether oxygens (including phenoxy) is 1. The molecule has 1 heterocycles. The first-order valence-electron chi connectivity index (χ1n) is 5.71. The molecule has 0 bridgehead atoms. The summed E-state index contributed by atoms with van der Waals surface area (Å²) in [5.41, 5.74) is 0. The fraction of sp³-hybridized carbons (Fsp3) is 0.750. The average molecular weight is 224 g/mol. The first-order chi connectivity index (χ1) is 7.72. The topological polar surface area (TPSA) is 41.6 Å². The van der Waals surface area contributed by atoms with Crippen LogP contribution in [0, 0.1) is 12.3 Å². The van der Waals surface area contributed by atoms with Crippen LogP contribution < -0.4 is 5.32 Å². The third-order valence-corrected chi connectivity index (χ3v) is 2.81. The van der Waals surface area contributed by atoms with Gasteiger partial charge in [-0.15, -0.1) is 6.42 Å². The van der Waals surface area contributed by atoms with Gasteiger partial charge in [-0.3, -0.25) is 4.79 Å². The van der Waals surface area contributed by atoms with E-state index in [0.29, 0.717) is 6.54 Å². The van der Waals surface area contributed by atoms with Crippen molar-refractivity contribution in [3.63, 3.8) is 0 Å². The molecule has 4 heteroatoms. The van der Waals surface area contributed by atoms with E-state index in [1.807, 2.05) is 6.92 Å². The molecule has 0 saturated carbocycles. The fourth-order valence-corrected chi connectivity index (χ4v) is 1.94. The average Bonchev–Trinajstić information content (AvgIpc) is 2.76. The fourth-order valence-electron chi connectivity index (χ4n) is 1.94. The molecule has 1 aliphatic heterocycles. The van der Waals surface area contributed by atoms with Gasteiger partial charge in [-0.2, -0.15) is 0 Å². The van der Waals surface area contributed by atoms with E-state index in [9.17, 15) is 4.79 Å². The Labute approximate surface area is 97.3 Å². The van der Waals surface area contributed by atoms with E-state index in [0.717, 1.165) is 25.9 Å². The number of carbonyl (C=O) groups excluding carboxylic acids is 1. The summed E-state index contributed by atoms with van der Waals surface area (Å²) in [6, 6.07) is -0.134. The molecule has 2 atom stereocenters. The number of methoxy groups -OCH3 is 1. The van der Waals surface area contributed by atoms with E-state index in [-0.39, 0.29) is 18.1 Å². The maximum absolute atomic E-state index is 12.1. The van der Waals surface area contributed by atoms with Crippen LogP contribution in [0.25, 0.3) is 0 Å². The Hall–Kier alpha value is -1.05. The second-order valence-electron chi connectivity index (χ2n) is 4.02. The van der Waals surface area contributed by atoms with Crippen LogP contribution in [-0.4, -0.2) is 49.7 Å². The van der Waals surface area contributed by atoms with Gasteiger partial charge in [0.1, 0.15) is 0 Å². The highest BCUT2D eigenvalue weighted by molar-refractivity contribution is 5.82. The minimum Gasteiger partial charge on any atom is -0.380 e. The van der Waals surface area contributed by atoms with E-state index in [2.05, 4.69) is 11.2 Å². The first kappa shape index (κ1) is 13.0. The molecule has 1 aliphatic rings. The Morgan fingerprint density at radius 1 is 1.69 bits per heavy atom. The maximum atomic E-state index is 12.1. The van der Waals surface area contributed by atoms with Gasteiger partial charge in [0, 0.05) is 20.2 Å². The van der Waals surface area contributed by atoms with Crippen LogP contribution in [0.4, 0.5) is 0 Å². The lowest BCUT2D eigenvalue weighted by Crippen LogP contribution is -2.44. The third-order valence-electron chi connectivity index (χ3n) is 2.81. The molecular formula is C12H20N2O2. The van der Waals surface area contributed by atoms with Gasteiger partial charge in [0.25, 0.3) is 0 Å². The summed E-state index contributed by atoms with van der Waals surface area (Å²) in [5, 5.41) is 3.17. The van der Waals surface area contributed by atoms with Crippen molar-refractivity contribution < 1.29 is 9.53 Å². The molecule has 16 heavy (non-hydrogen) atoms. The summed E-state index contributed by atoms with van der Waals surface area (Å²) < 4.78 is 5.22. The number of carbonyl (C=O) groups is 1. The van der Waals surface area contributed by atoms with E-state index >= 15 is 0 Å². The molecule has 1 amide bonds. The molecule has 0 aromatic heterocycles. The predicted molar refractivity (Wildman–Crippen MR) is 62.9 cm³/mol. The van der Waals surface area contributed by atoms with Crippen molar-refractivity contribution in [3.8, 4) is 12.3 Å². The van der Waals surface area contributed by atoms with Gasteiger partial charge in [0.15, 0.2) is 0 Å². The normalized spacial score (nSPS) is 24.1. The lowest BCUT2D eigenvalue weighted by molar-refractivity contribution is -0.132. The molecular weight excluding hydrogens is 204 g/mol. The van der Waals surface area contributed by atoms with E-state index < -0.39 is 0 Å². The Morgan fingerprint density at radius 2 is 2.44 bits per heavy atom. The molecule has 90 valence electrons. The van der Waals surface area contributed by atoms with Crippen molar-refractivity contribution in [2.24, 2.45) is 0 Å². The van der Waals surface area contributed by atoms with Gasteiger partial charge in [-0.1, -0.05) is 12.8 Å². The monoisotopic (exact) mass is 224 g/mol. The van der Waals surface area contributed by atoms with Gasteiger partial charge in [-0.25, -0.2) is 0 Å². The highest BCUT2D eigenvalue weighted by Crippen LogP contribution is 2.12. The zero-order valence-corrected chi connectivity index (χ0v) is 10.0. The Balaban J connectivity index is 2.51. The van der Waals surface area contributed by atoms with Crippen molar-refractivity contribution in [2.75, 3.05) is 26.7 Å². The predicted octanol–water partition coefficient (Wildman–Crippen LogP) is 0.235. The molecule has 4 nitrogen and oxygen atoms in total. The molecule has 0 aromatic rings. The van der Waals surface area contributed by atoms with E-state index in [1.54, 1.807) is 12.0 Å². The van der Waals surface area contributed by atoms with Crippen LogP contribution in [0.2, 0.25) is 0 Å². The number of rotatable bonds is 5. The van der Waals surface area contributed by atoms with Gasteiger partial charge < -0.3 is 15.0 Å². The summed E-state index contributed by atoms with van der Waals surface area (Å²) in [5.74, 6) is 2.62. The van der Waals surface area contributed by atoms with Gasteiger partial charge in [0.05, 0.1) is 18.7 Å². The summed E-state index contributed by atoms with van der Waals surface area (Å²) >= 11 is 0. The number of hydrogen-bond acceptors (Lipinski definition) is 3. The third kappa shape index (κ3) is 3.22. The lowest BCUT2D eigenvalue weighted by atomic mass is 10.1. The zero-order valence-electron chi connectivity index (χ0n) is 10.0. The Bertz CT molecular complexity index is 273. The van der Waals surface area contributed by atoms with E-state index in [1.165, 1.54) is 0 Å². The first-order valence-corrected chi connectivity index (χ1v) is 5.71. The number of nitrogens with one attached hydrogen (secondary N) is 1. The van der Waals surface area contributed by atoms with Crippen molar-refractivity contribution in [1.82, 2.24) is 10.2 Å². The summed E-state index contributed by atoms with van der Waals surface area (Å²) in [4.78, 5) is 13.8. The summed E-state index contributed by atoms with van der Waals surface area (Å²) in [7, 11) is 1.67. The molecule has 2 unspecified atom stereocenters. The van der Waals surface area contributed by atoms with Crippen LogP contribution in [0.15, 0.2) is 0 Å². The molecule has 1 rings (SSSR count). The number of terminal acetylenes is 1. The van der Waals surface area contributed by atoms with Crippen molar-refractivity contribution in [3.05, 3.63) is 0 Å². The smallest absolute Gasteiger partial charge is 0.240 e. The Kier molecular flexibility index (Phi) is 5.30. The second kappa shape index (κ2) is 6.51. The number of nitrogens with zero attached hydrogens (tertiary/aromatic N) is 1. The van der Waals surface area contributed by atoms with Crippen LogP contribution in [0.3, 0.4) is 0 Å². The van der Waals surface area contributed by atoms with Crippen molar-refractivity contribution >= 4 is 5.91 Å². The molecule has 0 aromatic carbocycles. The molecule has 0 spiro atoms. The van der Waals surface area contributed by atoms with E-state index in [4.69, 9.17) is 11.2 Å². The highest BCUT2D eigenvalue weighted by Gasteiger charge is 2.31. The molecule has 1 fully saturated rings. The van der Waals surface area contributed by atoms with Gasteiger partial charge in [0.2, 0.25) is 5.91 Å². The zero-order chi connectivity index (χ0) is 12.0. The molecule has 0 aliphatic carbocycles. The van der Waals surface area contributed by atoms with Crippen molar-refractivity contribution in [1.29, 1.82) is 0 Å². The lowest BCUT2D eigenvalue weighted by Gasteiger charge is -2.23. The molecule has 1 N–H and O–H groups in total. The van der Waals surface area contributed by atoms with Gasteiger partial charge in [-0.05, 0) is 12.8 Å². The number of amides is 1. The van der Waals surface area contributed by atoms with Crippen LogP contribution >= 0.6 is 0 Å². The van der Waals surface area contributed by atoms with Crippen molar-refractivity contribution in [2.45, 2.75) is 31.9 Å². The van der Waals surface area contributed by atoms with Gasteiger partial charge >= 0.3 is 0 Å². The standard InChI is InChI=1S/C12H20N2O2/c1-4-6-14(7-5-2)12(15)11-8-10(16-3)9-13-11/h1,10-11,13H,5-9H2,2-3H3. The van der Waals surface area contributed by atoms with Crippen LogP contribution in [0.5, 0.6) is 0 Å². The quantitative estimate of drug-likeness (QED) is 0.680. The SMILES string of the molecule is C#CCN(CCC)C(=O)C1CC(OC)CN1. The summed E-state index contributed by atoms with van der Waals surface area (Å²) in [6.45, 7) is 3.89. The highest BCUT2D eigenvalue weighted by atomic mass is 16.5.